The fourth-order valence-corrected chi connectivity index (χ4v) is 1.64. The molecule has 1 aromatic carbocycles. The first-order chi connectivity index (χ1) is 8.54. The molecule has 2 rings (SSSR count). The van der Waals surface area contributed by atoms with E-state index in [2.05, 4.69) is 9.68 Å². The SMILES string of the molecule is COc1c(C)ccc(-c2cc(C(=O)O)on2)c1O. The lowest BCUT2D eigenvalue weighted by Gasteiger charge is -2.09. The number of phenols is 1. The topological polar surface area (TPSA) is 92.8 Å². The van der Waals surface area contributed by atoms with Gasteiger partial charge in [0.15, 0.2) is 11.5 Å². The molecule has 0 unspecified atom stereocenters. The molecule has 18 heavy (non-hydrogen) atoms. The predicted molar refractivity (Wildman–Crippen MR) is 61.9 cm³/mol. The lowest BCUT2D eigenvalue weighted by atomic mass is 10.1. The van der Waals surface area contributed by atoms with Crippen molar-refractivity contribution in [2.75, 3.05) is 7.11 Å². The van der Waals surface area contributed by atoms with Gasteiger partial charge in [-0.1, -0.05) is 11.2 Å². The second kappa shape index (κ2) is 4.40. The van der Waals surface area contributed by atoms with Crippen molar-refractivity contribution in [1.29, 1.82) is 0 Å². The summed E-state index contributed by atoms with van der Waals surface area (Å²) < 4.78 is 9.71. The van der Waals surface area contributed by atoms with Crippen LogP contribution in [0.5, 0.6) is 11.5 Å². The summed E-state index contributed by atoms with van der Waals surface area (Å²) in [5, 5.41) is 22.4. The Bertz CT molecular complexity index is 603. The lowest BCUT2D eigenvalue weighted by Crippen LogP contribution is -1.92. The highest BCUT2D eigenvalue weighted by atomic mass is 16.5. The minimum Gasteiger partial charge on any atom is -0.504 e. The summed E-state index contributed by atoms with van der Waals surface area (Å²) in [6.45, 7) is 1.79. The lowest BCUT2D eigenvalue weighted by molar-refractivity contribution is 0.0652. The van der Waals surface area contributed by atoms with E-state index in [1.165, 1.54) is 13.2 Å². The van der Waals surface area contributed by atoms with E-state index < -0.39 is 5.97 Å². The zero-order valence-electron chi connectivity index (χ0n) is 9.80. The van der Waals surface area contributed by atoms with Crippen molar-refractivity contribution in [3.63, 3.8) is 0 Å². The summed E-state index contributed by atoms with van der Waals surface area (Å²) in [7, 11) is 1.44. The third-order valence-electron chi connectivity index (χ3n) is 2.53. The van der Waals surface area contributed by atoms with Crippen LogP contribution in [0.1, 0.15) is 16.1 Å². The molecule has 0 aliphatic rings. The molecule has 0 saturated carbocycles. The van der Waals surface area contributed by atoms with Crippen LogP contribution < -0.4 is 4.74 Å². The van der Waals surface area contributed by atoms with Crippen LogP contribution in [-0.4, -0.2) is 28.4 Å². The van der Waals surface area contributed by atoms with Gasteiger partial charge < -0.3 is 19.5 Å². The van der Waals surface area contributed by atoms with Crippen molar-refractivity contribution in [2.45, 2.75) is 6.92 Å². The summed E-state index contributed by atoms with van der Waals surface area (Å²) in [4.78, 5) is 10.7. The van der Waals surface area contributed by atoms with Gasteiger partial charge >= 0.3 is 5.97 Å². The highest BCUT2D eigenvalue weighted by Gasteiger charge is 2.18. The number of carboxylic acid groups (broad SMARTS) is 1. The van der Waals surface area contributed by atoms with E-state index in [-0.39, 0.29) is 17.2 Å². The van der Waals surface area contributed by atoms with Crippen LogP contribution >= 0.6 is 0 Å². The van der Waals surface area contributed by atoms with Crippen molar-refractivity contribution < 1.29 is 24.3 Å². The second-order valence-electron chi connectivity index (χ2n) is 3.69. The van der Waals surface area contributed by atoms with Crippen LogP contribution in [0.25, 0.3) is 11.3 Å². The average Bonchev–Trinajstić information content (AvgIpc) is 2.79. The largest absolute Gasteiger partial charge is 0.504 e. The minimum atomic E-state index is -1.22. The van der Waals surface area contributed by atoms with Gasteiger partial charge in [0.05, 0.1) is 7.11 Å². The number of aromatic nitrogens is 1. The molecule has 0 atom stereocenters. The van der Waals surface area contributed by atoms with Gasteiger partial charge in [-0.25, -0.2) is 4.79 Å². The summed E-state index contributed by atoms with van der Waals surface area (Å²) in [5.74, 6) is -1.27. The summed E-state index contributed by atoms with van der Waals surface area (Å²) in [6.07, 6.45) is 0. The maximum absolute atomic E-state index is 10.7. The second-order valence-corrected chi connectivity index (χ2v) is 3.69. The van der Waals surface area contributed by atoms with E-state index in [4.69, 9.17) is 9.84 Å². The van der Waals surface area contributed by atoms with E-state index in [9.17, 15) is 9.90 Å². The first-order valence-corrected chi connectivity index (χ1v) is 5.11. The maximum Gasteiger partial charge on any atom is 0.374 e. The average molecular weight is 249 g/mol. The van der Waals surface area contributed by atoms with Gasteiger partial charge in [-0.3, -0.25) is 0 Å². The van der Waals surface area contributed by atoms with Crippen LogP contribution in [0.15, 0.2) is 22.7 Å². The van der Waals surface area contributed by atoms with E-state index in [1.807, 2.05) is 0 Å². The Morgan fingerprint density at radius 1 is 1.44 bits per heavy atom. The third-order valence-corrected chi connectivity index (χ3v) is 2.53. The molecule has 1 heterocycles. The smallest absolute Gasteiger partial charge is 0.374 e. The summed E-state index contributed by atoms with van der Waals surface area (Å²) in [6, 6.07) is 4.60. The van der Waals surface area contributed by atoms with Gasteiger partial charge in [-0.05, 0) is 18.6 Å². The van der Waals surface area contributed by atoms with E-state index in [1.54, 1.807) is 19.1 Å². The van der Waals surface area contributed by atoms with Crippen molar-refractivity contribution in [1.82, 2.24) is 5.16 Å². The van der Waals surface area contributed by atoms with Crippen LogP contribution in [0.2, 0.25) is 0 Å². The monoisotopic (exact) mass is 249 g/mol. The van der Waals surface area contributed by atoms with Crippen molar-refractivity contribution >= 4 is 5.97 Å². The zero-order chi connectivity index (χ0) is 13.3. The van der Waals surface area contributed by atoms with E-state index in [0.29, 0.717) is 11.3 Å². The number of aryl methyl sites for hydroxylation is 1. The maximum atomic E-state index is 10.7. The molecule has 6 nitrogen and oxygen atoms in total. The first-order valence-electron chi connectivity index (χ1n) is 5.11. The van der Waals surface area contributed by atoms with E-state index in [0.717, 1.165) is 5.56 Å². The Kier molecular flexibility index (Phi) is 2.93. The van der Waals surface area contributed by atoms with Gasteiger partial charge in [-0.2, -0.15) is 0 Å². The number of carboxylic acids is 1. The summed E-state index contributed by atoms with van der Waals surface area (Å²) >= 11 is 0. The molecule has 0 spiro atoms. The van der Waals surface area contributed by atoms with Crippen molar-refractivity contribution in [3.8, 4) is 22.8 Å². The molecule has 2 aromatic rings. The third kappa shape index (κ3) is 1.88. The Morgan fingerprint density at radius 3 is 2.72 bits per heavy atom. The molecule has 2 N–H and O–H groups in total. The number of aromatic hydroxyl groups is 1. The fourth-order valence-electron chi connectivity index (χ4n) is 1.64. The van der Waals surface area contributed by atoms with Gasteiger partial charge in [0.1, 0.15) is 5.69 Å². The predicted octanol–water partition coefficient (Wildman–Crippen LogP) is 2.06. The Labute approximate surface area is 102 Å². The quantitative estimate of drug-likeness (QED) is 0.864. The number of benzene rings is 1. The molecule has 0 bridgehead atoms. The summed E-state index contributed by atoms with van der Waals surface area (Å²) in [5.41, 5.74) is 1.36. The normalized spacial score (nSPS) is 10.3. The van der Waals surface area contributed by atoms with Gasteiger partial charge in [0.2, 0.25) is 5.76 Å². The van der Waals surface area contributed by atoms with Gasteiger partial charge in [0.25, 0.3) is 0 Å². The van der Waals surface area contributed by atoms with Crippen LogP contribution in [0, 0.1) is 6.92 Å². The van der Waals surface area contributed by atoms with Gasteiger partial charge in [0, 0.05) is 11.6 Å². The number of ether oxygens (including phenoxy) is 1. The fraction of sp³-hybridized carbons (Fsp3) is 0.167. The molecular weight excluding hydrogens is 238 g/mol. The molecule has 0 aliphatic heterocycles. The number of phenolic OH excluding ortho intramolecular Hbond substituents is 1. The zero-order valence-corrected chi connectivity index (χ0v) is 9.80. The Hall–Kier alpha value is -2.50. The Morgan fingerprint density at radius 2 is 2.17 bits per heavy atom. The van der Waals surface area contributed by atoms with Crippen LogP contribution in [-0.2, 0) is 0 Å². The highest BCUT2D eigenvalue weighted by Crippen LogP contribution is 2.38. The van der Waals surface area contributed by atoms with Crippen molar-refractivity contribution in [3.05, 3.63) is 29.5 Å². The van der Waals surface area contributed by atoms with Crippen LogP contribution in [0.3, 0.4) is 0 Å². The molecular formula is C12H11NO5. The number of hydrogen-bond acceptors (Lipinski definition) is 5. The standard InChI is InChI=1S/C12H11NO5/c1-6-3-4-7(10(14)11(6)17-2)8-5-9(12(15)16)18-13-8/h3-5,14H,1-2H3,(H,15,16). The molecule has 94 valence electrons. The molecule has 0 saturated heterocycles. The molecule has 0 amide bonds. The molecule has 0 aliphatic carbocycles. The van der Waals surface area contributed by atoms with Crippen LogP contribution in [0.4, 0.5) is 0 Å². The minimum absolute atomic E-state index is 0.0947. The van der Waals surface area contributed by atoms with E-state index >= 15 is 0 Å². The number of aromatic carboxylic acids is 1. The Balaban J connectivity index is 2.53. The molecule has 0 fully saturated rings. The molecule has 1 aromatic heterocycles. The highest BCUT2D eigenvalue weighted by molar-refractivity contribution is 5.86. The van der Waals surface area contributed by atoms with Gasteiger partial charge in [-0.15, -0.1) is 0 Å². The number of carbonyl (C=O) groups is 1. The number of methoxy groups -OCH3 is 1. The number of hydrogen-bond donors (Lipinski definition) is 2. The first kappa shape index (κ1) is 12.0. The molecule has 0 radical (unpaired) electrons. The number of rotatable bonds is 3. The molecule has 6 heteroatoms. The van der Waals surface area contributed by atoms with Crippen molar-refractivity contribution in [2.24, 2.45) is 0 Å². The number of nitrogens with zero attached hydrogens (tertiary/aromatic N) is 1.